The fourth-order valence-corrected chi connectivity index (χ4v) is 2.99. The molecule has 0 aliphatic rings. The highest BCUT2D eigenvalue weighted by Crippen LogP contribution is 2.36. The van der Waals surface area contributed by atoms with Gasteiger partial charge in [0.25, 0.3) is 0 Å². The summed E-state index contributed by atoms with van der Waals surface area (Å²) in [6.45, 7) is 1.76. The van der Waals surface area contributed by atoms with Crippen LogP contribution in [0, 0.1) is 6.92 Å². The molecule has 0 bridgehead atoms. The van der Waals surface area contributed by atoms with Gasteiger partial charge in [-0.25, -0.2) is 4.79 Å². The zero-order valence-corrected chi connectivity index (χ0v) is 10.8. The average Bonchev–Trinajstić information content (AvgIpc) is 2.80. The molecule has 0 radical (unpaired) electrons. The van der Waals surface area contributed by atoms with Crippen LogP contribution in [0.3, 0.4) is 0 Å². The van der Waals surface area contributed by atoms with Crippen LogP contribution in [0.25, 0.3) is 21.4 Å². The van der Waals surface area contributed by atoms with Crippen molar-refractivity contribution in [2.24, 2.45) is 0 Å². The summed E-state index contributed by atoms with van der Waals surface area (Å²) in [4.78, 5) is 12.8. The van der Waals surface area contributed by atoms with Crippen molar-refractivity contribution in [2.45, 2.75) is 6.92 Å². The Morgan fingerprint density at radius 2 is 2.05 bits per heavy atom. The van der Waals surface area contributed by atoms with Gasteiger partial charge in [-0.2, -0.15) is 0 Å². The SMILES string of the molecule is Cc1c(-c2cccs2)c(=O)oc2cc(O)cc(O)c12. The molecule has 1 aromatic carbocycles. The van der Waals surface area contributed by atoms with Gasteiger partial charge < -0.3 is 14.6 Å². The quantitative estimate of drug-likeness (QED) is 0.668. The summed E-state index contributed by atoms with van der Waals surface area (Å²) in [5.41, 5.74) is 0.799. The molecule has 0 aliphatic carbocycles. The topological polar surface area (TPSA) is 70.7 Å². The third kappa shape index (κ3) is 1.79. The van der Waals surface area contributed by atoms with Crippen molar-refractivity contribution in [1.29, 1.82) is 0 Å². The van der Waals surface area contributed by atoms with Crippen LogP contribution in [0.4, 0.5) is 0 Å². The number of aryl methyl sites for hydroxylation is 1. The number of aromatic hydroxyl groups is 2. The number of thiophene rings is 1. The second-order valence-electron chi connectivity index (χ2n) is 4.20. The molecule has 0 unspecified atom stereocenters. The van der Waals surface area contributed by atoms with Gasteiger partial charge in [-0.15, -0.1) is 11.3 Å². The monoisotopic (exact) mass is 274 g/mol. The maximum Gasteiger partial charge on any atom is 0.345 e. The lowest BCUT2D eigenvalue weighted by atomic mass is 10.0. The van der Waals surface area contributed by atoms with E-state index in [4.69, 9.17) is 4.42 Å². The van der Waals surface area contributed by atoms with E-state index in [-0.39, 0.29) is 17.1 Å². The van der Waals surface area contributed by atoms with Gasteiger partial charge in [-0.3, -0.25) is 0 Å². The van der Waals surface area contributed by atoms with E-state index >= 15 is 0 Å². The summed E-state index contributed by atoms with van der Waals surface area (Å²) < 4.78 is 5.19. The van der Waals surface area contributed by atoms with Crippen molar-refractivity contribution in [3.8, 4) is 21.9 Å². The molecule has 0 spiro atoms. The summed E-state index contributed by atoms with van der Waals surface area (Å²) in [5.74, 6) is -0.245. The molecule has 2 heterocycles. The molecule has 2 aromatic heterocycles. The Balaban J connectivity index is 2.47. The Morgan fingerprint density at radius 1 is 1.26 bits per heavy atom. The molecule has 0 aliphatic heterocycles. The van der Waals surface area contributed by atoms with Gasteiger partial charge in [-0.05, 0) is 23.9 Å². The zero-order valence-electron chi connectivity index (χ0n) is 10.0. The molecule has 0 saturated carbocycles. The Hall–Kier alpha value is -2.27. The Kier molecular flexibility index (Phi) is 2.57. The van der Waals surface area contributed by atoms with E-state index in [1.165, 1.54) is 23.5 Å². The number of phenolic OH excluding ortho intramolecular Hbond substituents is 2. The van der Waals surface area contributed by atoms with E-state index in [2.05, 4.69) is 0 Å². The Morgan fingerprint density at radius 3 is 2.74 bits per heavy atom. The smallest absolute Gasteiger partial charge is 0.345 e. The predicted octanol–water partition coefficient (Wildman–Crippen LogP) is 3.24. The summed E-state index contributed by atoms with van der Waals surface area (Å²) in [6.07, 6.45) is 0. The molecule has 2 N–H and O–H groups in total. The number of rotatable bonds is 1. The zero-order chi connectivity index (χ0) is 13.6. The van der Waals surface area contributed by atoms with Crippen LogP contribution in [0.15, 0.2) is 38.9 Å². The Labute approximate surface area is 112 Å². The summed E-state index contributed by atoms with van der Waals surface area (Å²) >= 11 is 1.43. The molecule has 0 atom stereocenters. The van der Waals surface area contributed by atoms with Gasteiger partial charge in [0, 0.05) is 17.0 Å². The predicted molar refractivity (Wildman–Crippen MR) is 73.9 cm³/mol. The first kappa shape index (κ1) is 11.8. The highest BCUT2D eigenvalue weighted by atomic mass is 32.1. The molecule has 96 valence electrons. The number of phenols is 2. The fourth-order valence-electron chi connectivity index (χ4n) is 2.18. The van der Waals surface area contributed by atoms with E-state index in [0.29, 0.717) is 16.5 Å². The number of fused-ring (bicyclic) bond motifs is 1. The van der Waals surface area contributed by atoms with Crippen LogP contribution in [0.2, 0.25) is 0 Å². The molecular formula is C14H10O4S. The van der Waals surface area contributed by atoms with Crippen LogP contribution in [-0.2, 0) is 0 Å². The molecule has 4 nitrogen and oxygen atoms in total. The Bertz CT molecular complexity index is 816. The first-order chi connectivity index (χ1) is 9.08. The summed E-state index contributed by atoms with van der Waals surface area (Å²) in [6, 6.07) is 6.22. The van der Waals surface area contributed by atoms with Crippen LogP contribution >= 0.6 is 11.3 Å². The van der Waals surface area contributed by atoms with Crippen molar-refractivity contribution in [3.05, 3.63) is 45.6 Å². The number of hydrogen-bond acceptors (Lipinski definition) is 5. The average molecular weight is 274 g/mol. The maximum absolute atomic E-state index is 12.1. The fraction of sp³-hybridized carbons (Fsp3) is 0.0714. The molecule has 0 saturated heterocycles. The van der Waals surface area contributed by atoms with Gasteiger partial charge >= 0.3 is 5.63 Å². The van der Waals surface area contributed by atoms with Crippen molar-refractivity contribution in [1.82, 2.24) is 0 Å². The first-order valence-corrected chi connectivity index (χ1v) is 6.49. The van der Waals surface area contributed by atoms with Crippen LogP contribution in [-0.4, -0.2) is 10.2 Å². The van der Waals surface area contributed by atoms with Crippen molar-refractivity contribution in [3.63, 3.8) is 0 Å². The van der Waals surface area contributed by atoms with Crippen LogP contribution in [0.5, 0.6) is 11.5 Å². The molecule has 0 amide bonds. The number of benzene rings is 1. The largest absolute Gasteiger partial charge is 0.508 e. The van der Waals surface area contributed by atoms with Crippen molar-refractivity contribution in [2.75, 3.05) is 0 Å². The lowest BCUT2D eigenvalue weighted by molar-refractivity contribution is 0.451. The normalized spacial score (nSPS) is 11.0. The second-order valence-corrected chi connectivity index (χ2v) is 5.15. The minimum Gasteiger partial charge on any atom is -0.508 e. The molecule has 3 aromatic rings. The van der Waals surface area contributed by atoms with Crippen LogP contribution in [0.1, 0.15) is 5.56 Å². The van der Waals surface area contributed by atoms with E-state index in [0.717, 1.165) is 4.88 Å². The lowest BCUT2D eigenvalue weighted by Crippen LogP contribution is -2.05. The van der Waals surface area contributed by atoms with Gasteiger partial charge in [-0.1, -0.05) is 6.07 Å². The first-order valence-electron chi connectivity index (χ1n) is 5.61. The van der Waals surface area contributed by atoms with E-state index in [9.17, 15) is 15.0 Å². The summed E-state index contributed by atoms with van der Waals surface area (Å²) in [7, 11) is 0. The summed E-state index contributed by atoms with van der Waals surface area (Å²) in [5, 5.41) is 21.7. The number of hydrogen-bond donors (Lipinski definition) is 2. The second kappa shape index (κ2) is 4.13. The molecular weight excluding hydrogens is 264 g/mol. The molecule has 19 heavy (non-hydrogen) atoms. The maximum atomic E-state index is 12.1. The van der Waals surface area contributed by atoms with Gasteiger partial charge in [0.05, 0.1) is 10.9 Å². The van der Waals surface area contributed by atoms with Gasteiger partial charge in [0.1, 0.15) is 17.1 Å². The third-order valence-corrected chi connectivity index (χ3v) is 3.88. The standard InChI is InChI=1S/C14H10O4S/c1-7-12-9(16)5-8(15)6-10(12)18-14(17)13(7)11-3-2-4-19-11/h2-6,15-16H,1H3. The van der Waals surface area contributed by atoms with Gasteiger partial charge in [0.15, 0.2) is 0 Å². The van der Waals surface area contributed by atoms with Crippen molar-refractivity contribution < 1.29 is 14.6 Å². The van der Waals surface area contributed by atoms with Crippen molar-refractivity contribution >= 4 is 22.3 Å². The van der Waals surface area contributed by atoms with E-state index in [1.807, 2.05) is 17.5 Å². The highest BCUT2D eigenvalue weighted by Gasteiger charge is 2.17. The third-order valence-electron chi connectivity index (χ3n) is 2.99. The van der Waals surface area contributed by atoms with E-state index < -0.39 is 5.63 Å². The minimum atomic E-state index is -0.475. The lowest BCUT2D eigenvalue weighted by Gasteiger charge is -2.08. The molecule has 3 rings (SSSR count). The molecule has 0 fully saturated rings. The van der Waals surface area contributed by atoms with E-state index in [1.54, 1.807) is 6.92 Å². The van der Waals surface area contributed by atoms with Crippen LogP contribution < -0.4 is 5.63 Å². The molecule has 5 heteroatoms. The highest BCUT2D eigenvalue weighted by molar-refractivity contribution is 7.13. The minimum absolute atomic E-state index is 0.103. The van der Waals surface area contributed by atoms with Gasteiger partial charge in [0.2, 0.25) is 0 Å².